The summed E-state index contributed by atoms with van der Waals surface area (Å²) in [4.78, 5) is 23.3. The van der Waals surface area contributed by atoms with E-state index < -0.39 is 0 Å². The number of amides is 1. The number of anilines is 1. The van der Waals surface area contributed by atoms with Crippen molar-refractivity contribution in [2.45, 2.75) is 27.7 Å². The molecule has 0 unspecified atom stereocenters. The highest BCUT2D eigenvalue weighted by Gasteiger charge is 2.08. The molecule has 0 aliphatic carbocycles. The molecular weight excluding hydrogens is 250 g/mol. The number of allylic oxidation sites excluding steroid dienone is 1. The van der Waals surface area contributed by atoms with Crippen molar-refractivity contribution in [3.63, 3.8) is 0 Å². The van der Waals surface area contributed by atoms with Crippen LogP contribution in [0.2, 0.25) is 0 Å². The van der Waals surface area contributed by atoms with Crippen LogP contribution in [-0.2, 0) is 4.79 Å². The van der Waals surface area contributed by atoms with Gasteiger partial charge in [-0.2, -0.15) is 0 Å². The van der Waals surface area contributed by atoms with E-state index in [9.17, 15) is 9.59 Å². The normalized spacial score (nSPS) is 11.3. The minimum atomic E-state index is -0.259. The first-order valence-electron chi connectivity index (χ1n) is 6.60. The number of rotatable bonds is 5. The molecule has 0 bridgehead atoms. The smallest absolute Gasteiger partial charge is 0.255 e. The van der Waals surface area contributed by atoms with Gasteiger partial charge < -0.3 is 5.32 Å². The van der Waals surface area contributed by atoms with E-state index in [-0.39, 0.29) is 11.7 Å². The van der Waals surface area contributed by atoms with Crippen molar-refractivity contribution < 1.29 is 9.59 Å². The third-order valence-electron chi connectivity index (χ3n) is 3.13. The fourth-order valence-electron chi connectivity index (χ4n) is 1.53. The van der Waals surface area contributed by atoms with Crippen molar-refractivity contribution in [2.24, 2.45) is 5.92 Å². The first-order valence-corrected chi connectivity index (χ1v) is 6.60. The summed E-state index contributed by atoms with van der Waals surface area (Å²) in [5.74, 6) is 0.0850. The Hall–Kier alpha value is -2.16. The molecular formula is C17H21NO2. The number of hydrogen-bond acceptors (Lipinski definition) is 2. The number of carbonyl (C=O) groups is 2. The lowest BCUT2D eigenvalue weighted by Crippen LogP contribution is -2.13. The molecule has 1 rings (SSSR count). The van der Waals surface area contributed by atoms with Crippen molar-refractivity contribution >= 4 is 17.4 Å². The molecule has 1 amide bonds. The van der Waals surface area contributed by atoms with E-state index in [4.69, 9.17) is 0 Å². The number of benzene rings is 1. The number of ketones is 1. The van der Waals surface area contributed by atoms with Crippen LogP contribution in [0.4, 0.5) is 5.69 Å². The molecule has 0 saturated heterocycles. The average molecular weight is 271 g/mol. The SMILES string of the molecule is C=C(/C=C(\C)C(C)C)C(=O)Nc1cccc(C(C)=O)c1. The molecule has 3 nitrogen and oxygen atoms in total. The number of Topliss-reactive ketones (excluding diaryl/α,β-unsaturated/α-hetero) is 1. The summed E-state index contributed by atoms with van der Waals surface area (Å²) in [6, 6.07) is 6.86. The first kappa shape index (κ1) is 15.9. The summed E-state index contributed by atoms with van der Waals surface area (Å²) in [5, 5.41) is 2.75. The van der Waals surface area contributed by atoms with Crippen LogP contribution < -0.4 is 5.32 Å². The van der Waals surface area contributed by atoms with E-state index in [1.54, 1.807) is 30.3 Å². The van der Waals surface area contributed by atoms with Gasteiger partial charge in [-0.1, -0.05) is 44.2 Å². The zero-order valence-corrected chi connectivity index (χ0v) is 12.5. The number of nitrogens with one attached hydrogen (secondary N) is 1. The standard InChI is InChI=1S/C17H21NO2/c1-11(2)12(3)9-13(4)17(20)18-16-8-6-7-15(10-16)14(5)19/h6-11H,4H2,1-3,5H3,(H,18,20)/b12-9+. The zero-order valence-electron chi connectivity index (χ0n) is 12.5. The van der Waals surface area contributed by atoms with Crippen molar-refractivity contribution in [1.82, 2.24) is 0 Å². The number of carbonyl (C=O) groups excluding carboxylic acids is 2. The summed E-state index contributed by atoms with van der Waals surface area (Å²) in [7, 11) is 0. The number of hydrogen-bond donors (Lipinski definition) is 1. The molecule has 0 radical (unpaired) electrons. The third kappa shape index (κ3) is 4.50. The van der Waals surface area contributed by atoms with Crippen LogP contribution in [0, 0.1) is 5.92 Å². The Morgan fingerprint density at radius 1 is 1.25 bits per heavy atom. The Bertz CT molecular complexity index is 568. The van der Waals surface area contributed by atoms with E-state index >= 15 is 0 Å². The maximum atomic E-state index is 12.0. The van der Waals surface area contributed by atoms with Crippen LogP contribution in [-0.4, -0.2) is 11.7 Å². The largest absolute Gasteiger partial charge is 0.322 e. The monoisotopic (exact) mass is 271 g/mol. The van der Waals surface area contributed by atoms with Gasteiger partial charge in [-0.15, -0.1) is 0 Å². The van der Waals surface area contributed by atoms with E-state index in [0.717, 1.165) is 5.57 Å². The van der Waals surface area contributed by atoms with Crippen molar-refractivity contribution in [3.05, 3.63) is 53.6 Å². The molecule has 0 heterocycles. The fraction of sp³-hybridized carbons (Fsp3) is 0.294. The van der Waals surface area contributed by atoms with E-state index in [1.165, 1.54) is 6.92 Å². The third-order valence-corrected chi connectivity index (χ3v) is 3.13. The summed E-state index contributed by atoms with van der Waals surface area (Å²) in [6.45, 7) is 11.4. The van der Waals surface area contributed by atoms with Gasteiger partial charge in [0.1, 0.15) is 0 Å². The molecule has 0 aliphatic rings. The van der Waals surface area contributed by atoms with Gasteiger partial charge in [0.05, 0.1) is 0 Å². The average Bonchev–Trinajstić information content (AvgIpc) is 2.38. The van der Waals surface area contributed by atoms with Gasteiger partial charge >= 0.3 is 0 Å². The molecule has 0 saturated carbocycles. The lowest BCUT2D eigenvalue weighted by molar-refractivity contribution is -0.112. The van der Waals surface area contributed by atoms with Crippen LogP contribution in [0.1, 0.15) is 38.1 Å². The zero-order chi connectivity index (χ0) is 15.3. The molecule has 0 atom stereocenters. The van der Waals surface area contributed by atoms with Gasteiger partial charge in [-0.3, -0.25) is 9.59 Å². The summed E-state index contributed by atoms with van der Waals surface area (Å²) in [5.41, 5.74) is 2.67. The molecule has 0 fully saturated rings. The Morgan fingerprint density at radius 3 is 2.45 bits per heavy atom. The highest BCUT2D eigenvalue weighted by Crippen LogP contribution is 2.14. The fourth-order valence-corrected chi connectivity index (χ4v) is 1.53. The second-order valence-corrected chi connectivity index (χ2v) is 5.16. The van der Waals surface area contributed by atoms with Gasteiger partial charge in [0.2, 0.25) is 0 Å². The predicted octanol–water partition coefficient (Wildman–Crippen LogP) is 3.99. The molecule has 1 aromatic carbocycles. The quantitative estimate of drug-likeness (QED) is 0.500. The van der Waals surface area contributed by atoms with Gasteiger partial charge in [0.25, 0.3) is 5.91 Å². The van der Waals surface area contributed by atoms with Gasteiger partial charge in [0, 0.05) is 16.8 Å². The molecule has 1 aromatic rings. The van der Waals surface area contributed by atoms with Crippen LogP contribution >= 0.6 is 0 Å². The highest BCUT2D eigenvalue weighted by atomic mass is 16.1. The summed E-state index contributed by atoms with van der Waals surface area (Å²) in [6.07, 6.45) is 1.79. The Kier molecular flexibility index (Phi) is 5.44. The molecule has 1 N–H and O–H groups in total. The van der Waals surface area contributed by atoms with Gasteiger partial charge in [-0.25, -0.2) is 0 Å². The Labute approximate surface area is 120 Å². The van der Waals surface area contributed by atoms with Gasteiger partial charge in [-0.05, 0) is 31.9 Å². The van der Waals surface area contributed by atoms with E-state index in [1.807, 2.05) is 6.92 Å². The van der Waals surface area contributed by atoms with Crippen LogP contribution in [0.25, 0.3) is 0 Å². The van der Waals surface area contributed by atoms with Crippen molar-refractivity contribution in [2.75, 3.05) is 5.32 Å². The Morgan fingerprint density at radius 2 is 1.90 bits per heavy atom. The van der Waals surface area contributed by atoms with Crippen LogP contribution in [0.3, 0.4) is 0 Å². The minimum Gasteiger partial charge on any atom is -0.322 e. The maximum absolute atomic E-state index is 12.0. The van der Waals surface area contributed by atoms with Crippen LogP contribution in [0.15, 0.2) is 48.1 Å². The lowest BCUT2D eigenvalue weighted by Gasteiger charge is -2.09. The molecule has 106 valence electrons. The second kappa shape index (κ2) is 6.85. The topological polar surface area (TPSA) is 46.2 Å². The molecule has 0 aromatic heterocycles. The van der Waals surface area contributed by atoms with Gasteiger partial charge in [0.15, 0.2) is 5.78 Å². The Balaban J connectivity index is 2.81. The first-order chi connectivity index (χ1) is 9.31. The van der Waals surface area contributed by atoms with Crippen molar-refractivity contribution in [3.8, 4) is 0 Å². The van der Waals surface area contributed by atoms with Crippen molar-refractivity contribution in [1.29, 1.82) is 0 Å². The molecule has 0 aliphatic heterocycles. The van der Waals surface area contributed by atoms with Crippen LogP contribution in [0.5, 0.6) is 0 Å². The highest BCUT2D eigenvalue weighted by molar-refractivity contribution is 6.06. The maximum Gasteiger partial charge on any atom is 0.255 e. The van der Waals surface area contributed by atoms with E-state index in [2.05, 4.69) is 25.7 Å². The predicted molar refractivity (Wildman–Crippen MR) is 82.8 cm³/mol. The molecule has 3 heteroatoms. The lowest BCUT2D eigenvalue weighted by atomic mass is 10.0. The summed E-state index contributed by atoms with van der Waals surface area (Å²) >= 11 is 0. The molecule has 0 spiro atoms. The minimum absolute atomic E-state index is 0.0320. The summed E-state index contributed by atoms with van der Waals surface area (Å²) < 4.78 is 0. The second-order valence-electron chi connectivity index (χ2n) is 5.16. The molecule has 20 heavy (non-hydrogen) atoms. The van der Waals surface area contributed by atoms with E-state index in [0.29, 0.717) is 22.7 Å².